The second kappa shape index (κ2) is 4.61. The van der Waals surface area contributed by atoms with Crippen molar-refractivity contribution in [3.8, 4) is 17.0 Å². The summed E-state index contributed by atoms with van der Waals surface area (Å²) >= 11 is 1.68. The first kappa shape index (κ1) is 11.1. The molecule has 0 atom stereocenters. The molecule has 0 N–H and O–H groups in total. The Morgan fingerprint density at radius 1 is 1.31 bits per heavy atom. The third-order valence-corrected chi connectivity index (χ3v) is 3.15. The number of methoxy groups -OCH3 is 1. The molecule has 84 valence electrons. The van der Waals surface area contributed by atoms with Crippen LogP contribution in [0.15, 0.2) is 35.4 Å². The van der Waals surface area contributed by atoms with Crippen molar-refractivity contribution in [2.24, 2.45) is 7.05 Å². The van der Waals surface area contributed by atoms with Gasteiger partial charge >= 0.3 is 0 Å². The summed E-state index contributed by atoms with van der Waals surface area (Å²) in [4.78, 5) is 1.13. The topological polar surface area (TPSA) is 27.1 Å². The summed E-state index contributed by atoms with van der Waals surface area (Å²) in [5.74, 6) is 0.897. The van der Waals surface area contributed by atoms with E-state index in [1.54, 1.807) is 23.6 Å². The van der Waals surface area contributed by atoms with Crippen LogP contribution in [0.4, 0.5) is 0 Å². The molecular weight excluding hydrogens is 220 g/mol. The highest BCUT2D eigenvalue weighted by molar-refractivity contribution is 7.98. The quantitative estimate of drug-likeness (QED) is 0.764. The summed E-state index contributed by atoms with van der Waals surface area (Å²) in [5.41, 5.74) is 1.98. The fraction of sp³-hybridized carbons (Fsp3) is 0.250. The lowest BCUT2D eigenvalue weighted by molar-refractivity contribution is 0.406. The maximum absolute atomic E-state index is 5.46. The third kappa shape index (κ3) is 1.93. The Labute approximate surface area is 99.4 Å². The minimum absolute atomic E-state index is 0.897. The zero-order valence-electron chi connectivity index (χ0n) is 9.60. The predicted octanol–water partition coefficient (Wildman–Crippen LogP) is 2.82. The van der Waals surface area contributed by atoms with Crippen LogP contribution in [0, 0.1) is 0 Å². The van der Waals surface area contributed by atoms with Gasteiger partial charge in [0.25, 0.3) is 0 Å². The molecule has 1 aromatic heterocycles. The van der Waals surface area contributed by atoms with E-state index in [1.165, 1.54) is 0 Å². The van der Waals surface area contributed by atoms with Gasteiger partial charge < -0.3 is 4.74 Å². The van der Waals surface area contributed by atoms with Gasteiger partial charge in [-0.2, -0.15) is 5.10 Å². The molecule has 1 aromatic carbocycles. The highest BCUT2D eigenvalue weighted by atomic mass is 32.2. The van der Waals surface area contributed by atoms with Crippen LogP contribution in [0.5, 0.6) is 5.75 Å². The Hall–Kier alpha value is -1.42. The molecule has 0 fully saturated rings. The number of hydrogen-bond acceptors (Lipinski definition) is 3. The zero-order valence-corrected chi connectivity index (χ0v) is 10.4. The molecule has 0 aliphatic heterocycles. The number of aromatic nitrogens is 2. The fourth-order valence-electron chi connectivity index (χ4n) is 1.65. The number of hydrogen-bond donors (Lipinski definition) is 0. The van der Waals surface area contributed by atoms with Gasteiger partial charge in [-0.05, 0) is 24.5 Å². The molecule has 0 saturated heterocycles. The average Bonchev–Trinajstić information content (AvgIpc) is 2.74. The molecule has 2 rings (SSSR count). The summed E-state index contributed by atoms with van der Waals surface area (Å²) in [6, 6.07) is 8.09. The van der Waals surface area contributed by atoms with Crippen molar-refractivity contribution in [2.75, 3.05) is 13.4 Å². The summed E-state index contributed by atoms with van der Waals surface area (Å²) in [6.45, 7) is 0. The third-order valence-electron chi connectivity index (χ3n) is 2.39. The van der Waals surface area contributed by atoms with E-state index in [9.17, 15) is 0 Å². The Morgan fingerprint density at radius 2 is 2.12 bits per heavy atom. The molecule has 1 heterocycles. The number of thioether (sulfide) groups is 1. The second-order valence-corrected chi connectivity index (χ2v) is 4.26. The summed E-state index contributed by atoms with van der Waals surface area (Å²) < 4.78 is 7.25. The minimum Gasteiger partial charge on any atom is -0.495 e. The molecule has 3 nitrogen and oxygen atoms in total. The summed E-state index contributed by atoms with van der Waals surface area (Å²) in [7, 11) is 3.61. The highest BCUT2D eigenvalue weighted by Crippen LogP contribution is 2.36. The average molecular weight is 234 g/mol. The molecule has 0 amide bonds. The maximum Gasteiger partial charge on any atom is 0.141 e. The lowest BCUT2D eigenvalue weighted by Crippen LogP contribution is -1.92. The van der Waals surface area contributed by atoms with Gasteiger partial charge in [-0.25, -0.2) is 0 Å². The lowest BCUT2D eigenvalue weighted by atomic mass is 10.1. The van der Waals surface area contributed by atoms with Crippen LogP contribution < -0.4 is 4.74 Å². The van der Waals surface area contributed by atoms with E-state index in [0.717, 1.165) is 21.9 Å². The first-order valence-corrected chi connectivity index (χ1v) is 6.19. The van der Waals surface area contributed by atoms with E-state index in [-0.39, 0.29) is 0 Å². The SMILES string of the molecule is COc1c(SC)cccc1-c1ccn(C)n1. The normalized spacial score (nSPS) is 10.4. The van der Waals surface area contributed by atoms with Gasteiger partial charge in [0.2, 0.25) is 0 Å². The molecule has 16 heavy (non-hydrogen) atoms. The van der Waals surface area contributed by atoms with E-state index >= 15 is 0 Å². The smallest absolute Gasteiger partial charge is 0.141 e. The molecular formula is C12H14N2OS. The molecule has 0 spiro atoms. The van der Waals surface area contributed by atoms with Crippen LogP contribution in [0.2, 0.25) is 0 Å². The van der Waals surface area contributed by atoms with E-state index in [0.29, 0.717) is 0 Å². The number of rotatable bonds is 3. The number of ether oxygens (including phenoxy) is 1. The van der Waals surface area contributed by atoms with Gasteiger partial charge in [-0.3, -0.25) is 4.68 Å². The van der Waals surface area contributed by atoms with Crippen molar-refractivity contribution in [3.05, 3.63) is 30.5 Å². The molecule has 0 bridgehead atoms. The van der Waals surface area contributed by atoms with E-state index in [1.807, 2.05) is 37.7 Å². The van der Waals surface area contributed by atoms with Crippen LogP contribution in [-0.2, 0) is 7.05 Å². The molecule has 4 heteroatoms. The van der Waals surface area contributed by atoms with E-state index in [4.69, 9.17) is 4.74 Å². The zero-order chi connectivity index (χ0) is 11.5. The van der Waals surface area contributed by atoms with Crippen molar-refractivity contribution in [3.63, 3.8) is 0 Å². The number of para-hydroxylation sites is 1. The number of benzene rings is 1. The van der Waals surface area contributed by atoms with E-state index < -0.39 is 0 Å². The Morgan fingerprint density at radius 3 is 2.69 bits per heavy atom. The molecule has 2 aromatic rings. The van der Waals surface area contributed by atoms with Gasteiger partial charge in [0.05, 0.1) is 12.8 Å². The number of nitrogens with zero attached hydrogens (tertiary/aromatic N) is 2. The van der Waals surface area contributed by atoms with Crippen LogP contribution in [0.25, 0.3) is 11.3 Å². The van der Waals surface area contributed by atoms with Crippen molar-refractivity contribution in [1.29, 1.82) is 0 Å². The maximum atomic E-state index is 5.46. The lowest BCUT2D eigenvalue weighted by Gasteiger charge is -2.10. The van der Waals surface area contributed by atoms with Crippen molar-refractivity contribution < 1.29 is 4.74 Å². The monoisotopic (exact) mass is 234 g/mol. The van der Waals surface area contributed by atoms with Crippen LogP contribution in [0.3, 0.4) is 0 Å². The molecule has 0 aliphatic rings. The minimum atomic E-state index is 0.897. The number of aryl methyl sites for hydroxylation is 1. The molecule has 0 saturated carbocycles. The first-order valence-electron chi connectivity index (χ1n) is 4.97. The van der Waals surface area contributed by atoms with Crippen LogP contribution in [-0.4, -0.2) is 23.1 Å². The largest absolute Gasteiger partial charge is 0.495 e. The van der Waals surface area contributed by atoms with Crippen molar-refractivity contribution in [1.82, 2.24) is 9.78 Å². The Kier molecular flexibility index (Phi) is 3.19. The first-order chi connectivity index (χ1) is 7.76. The standard InChI is InChI=1S/C12H14N2OS/c1-14-8-7-10(13-14)9-5-4-6-11(16-3)12(9)15-2/h4-8H,1-3H3. The van der Waals surface area contributed by atoms with Crippen LogP contribution in [0.1, 0.15) is 0 Å². The molecule has 0 unspecified atom stereocenters. The fourth-order valence-corrected chi connectivity index (χ4v) is 2.24. The predicted molar refractivity (Wildman–Crippen MR) is 67.0 cm³/mol. The van der Waals surface area contributed by atoms with Gasteiger partial charge in [0.15, 0.2) is 0 Å². The Balaban J connectivity index is 2.56. The summed E-state index contributed by atoms with van der Waals surface area (Å²) in [5, 5.41) is 4.39. The van der Waals surface area contributed by atoms with Gasteiger partial charge in [0, 0.05) is 23.7 Å². The Bertz CT molecular complexity index is 494. The van der Waals surface area contributed by atoms with Crippen molar-refractivity contribution in [2.45, 2.75) is 4.90 Å². The molecule has 0 aliphatic carbocycles. The van der Waals surface area contributed by atoms with Crippen LogP contribution >= 0.6 is 11.8 Å². The molecule has 0 radical (unpaired) electrons. The highest BCUT2D eigenvalue weighted by Gasteiger charge is 2.11. The van der Waals surface area contributed by atoms with Gasteiger partial charge in [0.1, 0.15) is 5.75 Å². The van der Waals surface area contributed by atoms with E-state index in [2.05, 4.69) is 11.2 Å². The van der Waals surface area contributed by atoms with Crippen molar-refractivity contribution >= 4 is 11.8 Å². The second-order valence-electron chi connectivity index (χ2n) is 3.42. The summed E-state index contributed by atoms with van der Waals surface area (Å²) in [6.07, 6.45) is 3.97. The van der Waals surface area contributed by atoms with Gasteiger partial charge in [-0.1, -0.05) is 6.07 Å². The van der Waals surface area contributed by atoms with Gasteiger partial charge in [-0.15, -0.1) is 11.8 Å².